The molecule has 0 bridgehead atoms. The van der Waals surface area contributed by atoms with Gasteiger partial charge in [0.25, 0.3) is 0 Å². The molecule has 0 nitrogen and oxygen atoms in total. The van der Waals surface area contributed by atoms with Gasteiger partial charge in [0.2, 0.25) is 0 Å². The molecule has 1 saturated carbocycles. The van der Waals surface area contributed by atoms with Crippen LogP contribution in [0.25, 0.3) is 0 Å². The van der Waals surface area contributed by atoms with Gasteiger partial charge in [0.1, 0.15) is 0 Å². The van der Waals surface area contributed by atoms with Crippen LogP contribution < -0.4 is 0 Å². The summed E-state index contributed by atoms with van der Waals surface area (Å²) in [5.74, 6) is 2.63. The predicted octanol–water partition coefficient (Wildman–Crippen LogP) is 4.89. The topological polar surface area (TPSA) is 0 Å². The van der Waals surface area contributed by atoms with Crippen molar-refractivity contribution in [1.82, 2.24) is 0 Å². The summed E-state index contributed by atoms with van der Waals surface area (Å²) in [5.41, 5.74) is 0.570. The average Bonchev–Trinajstić information content (AvgIpc) is 2.17. The summed E-state index contributed by atoms with van der Waals surface area (Å²) >= 11 is 0. The van der Waals surface area contributed by atoms with Gasteiger partial charge in [0.05, 0.1) is 0 Å². The van der Waals surface area contributed by atoms with E-state index in [0.717, 1.165) is 17.8 Å². The van der Waals surface area contributed by atoms with Crippen molar-refractivity contribution in [2.45, 2.75) is 66.7 Å². The Morgan fingerprint density at radius 3 is 1.64 bits per heavy atom. The van der Waals surface area contributed by atoms with Crippen molar-refractivity contribution >= 4 is 0 Å². The molecule has 1 aliphatic carbocycles. The Labute approximate surface area is 90.5 Å². The van der Waals surface area contributed by atoms with Crippen LogP contribution in [0.1, 0.15) is 66.7 Å². The molecule has 0 heterocycles. The van der Waals surface area contributed by atoms with E-state index in [1.165, 1.54) is 32.1 Å². The Morgan fingerprint density at radius 2 is 1.29 bits per heavy atom. The molecule has 0 unspecified atom stereocenters. The minimum atomic E-state index is 0.570. The van der Waals surface area contributed by atoms with Gasteiger partial charge in [-0.05, 0) is 36.0 Å². The maximum absolute atomic E-state index is 2.53. The third-order valence-corrected chi connectivity index (χ3v) is 4.97. The SMILES string of the molecule is CC(C)C(C)(C(C)C)C1CCCCC1. The van der Waals surface area contributed by atoms with Crippen molar-refractivity contribution in [2.24, 2.45) is 23.2 Å². The molecule has 0 aromatic heterocycles. The summed E-state index contributed by atoms with van der Waals surface area (Å²) in [6.45, 7) is 12.2. The molecular weight excluding hydrogens is 168 g/mol. The van der Waals surface area contributed by atoms with Gasteiger partial charge in [-0.3, -0.25) is 0 Å². The van der Waals surface area contributed by atoms with Crippen LogP contribution in [0.3, 0.4) is 0 Å². The second-order valence-corrected chi connectivity index (χ2v) is 6.01. The van der Waals surface area contributed by atoms with E-state index in [1.54, 1.807) is 0 Å². The summed E-state index contributed by atoms with van der Waals surface area (Å²) in [5, 5.41) is 0. The molecule has 14 heavy (non-hydrogen) atoms. The smallest absolute Gasteiger partial charge is 0.0251 e. The Morgan fingerprint density at radius 1 is 0.857 bits per heavy atom. The summed E-state index contributed by atoms with van der Waals surface area (Å²) < 4.78 is 0. The fourth-order valence-electron chi connectivity index (χ4n) is 3.33. The van der Waals surface area contributed by atoms with E-state index in [1.807, 2.05) is 0 Å². The number of hydrogen-bond acceptors (Lipinski definition) is 0. The molecule has 0 aromatic carbocycles. The first-order chi connectivity index (χ1) is 6.49. The summed E-state index contributed by atoms with van der Waals surface area (Å²) in [4.78, 5) is 0. The zero-order valence-electron chi connectivity index (χ0n) is 10.8. The molecule has 84 valence electrons. The average molecular weight is 196 g/mol. The molecule has 0 aliphatic heterocycles. The van der Waals surface area contributed by atoms with Crippen LogP contribution in [0.4, 0.5) is 0 Å². The van der Waals surface area contributed by atoms with Crippen molar-refractivity contribution < 1.29 is 0 Å². The molecule has 0 heteroatoms. The minimum Gasteiger partial charge on any atom is -0.0622 e. The highest BCUT2D eigenvalue weighted by atomic mass is 14.4. The van der Waals surface area contributed by atoms with Gasteiger partial charge < -0.3 is 0 Å². The standard InChI is InChI=1S/C14H28/c1-11(2)14(5,12(3)4)13-9-7-6-8-10-13/h11-13H,6-10H2,1-5H3. The summed E-state index contributed by atoms with van der Waals surface area (Å²) in [6.07, 6.45) is 7.38. The Hall–Kier alpha value is 0. The molecule has 0 amide bonds. The maximum atomic E-state index is 2.53. The molecule has 1 aliphatic rings. The van der Waals surface area contributed by atoms with E-state index in [0.29, 0.717) is 5.41 Å². The van der Waals surface area contributed by atoms with Gasteiger partial charge in [0, 0.05) is 0 Å². The fraction of sp³-hybridized carbons (Fsp3) is 1.00. The quantitative estimate of drug-likeness (QED) is 0.603. The molecule has 0 radical (unpaired) electrons. The first-order valence-electron chi connectivity index (χ1n) is 6.49. The van der Waals surface area contributed by atoms with Crippen molar-refractivity contribution in [2.75, 3.05) is 0 Å². The third kappa shape index (κ3) is 2.15. The van der Waals surface area contributed by atoms with Gasteiger partial charge in [-0.15, -0.1) is 0 Å². The largest absolute Gasteiger partial charge is 0.0622 e. The third-order valence-electron chi connectivity index (χ3n) is 4.97. The number of rotatable bonds is 3. The second kappa shape index (κ2) is 4.68. The molecule has 0 spiro atoms. The molecule has 1 rings (SSSR count). The van der Waals surface area contributed by atoms with Gasteiger partial charge in [-0.1, -0.05) is 53.9 Å². The van der Waals surface area contributed by atoms with Crippen molar-refractivity contribution in [1.29, 1.82) is 0 Å². The summed E-state index contributed by atoms with van der Waals surface area (Å²) in [7, 11) is 0. The minimum absolute atomic E-state index is 0.570. The summed E-state index contributed by atoms with van der Waals surface area (Å²) in [6, 6.07) is 0. The number of hydrogen-bond donors (Lipinski definition) is 0. The highest BCUT2D eigenvalue weighted by molar-refractivity contribution is 4.89. The zero-order valence-corrected chi connectivity index (χ0v) is 10.8. The van der Waals surface area contributed by atoms with E-state index in [4.69, 9.17) is 0 Å². The van der Waals surface area contributed by atoms with E-state index in [2.05, 4.69) is 34.6 Å². The highest BCUT2D eigenvalue weighted by Crippen LogP contribution is 2.48. The molecule has 0 aromatic rings. The van der Waals surface area contributed by atoms with Gasteiger partial charge in [-0.2, -0.15) is 0 Å². The lowest BCUT2D eigenvalue weighted by Gasteiger charge is -2.46. The van der Waals surface area contributed by atoms with E-state index >= 15 is 0 Å². The Balaban J connectivity index is 2.75. The lowest BCUT2D eigenvalue weighted by Crippen LogP contribution is -2.38. The monoisotopic (exact) mass is 196 g/mol. The molecule has 0 saturated heterocycles. The lowest BCUT2D eigenvalue weighted by molar-refractivity contribution is 0.0299. The molecular formula is C14H28. The molecule has 1 fully saturated rings. The molecule has 0 N–H and O–H groups in total. The van der Waals surface area contributed by atoms with Gasteiger partial charge >= 0.3 is 0 Å². The Kier molecular flexibility index (Phi) is 4.04. The van der Waals surface area contributed by atoms with Crippen LogP contribution in [0, 0.1) is 23.2 Å². The van der Waals surface area contributed by atoms with E-state index < -0.39 is 0 Å². The zero-order chi connectivity index (χ0) is 10.8. The van der Waals surface area contributed by atoms with Crippen LogP contribution in [0.15, 0.2) is 0 Å². The first-order valence-corrected chi connectivity index (χ1v) is 6.49. The second-order valence-electron chi connectivity index (χ2n) is 6.01. The van der Waals surface area contributed by atoms with Crippen molar-refractivity contribution in [3.8, 4) is 0 Å². The lowest BCUT2D eigenvalue weighted by atomic mass is 9.59. The predicted molar refractivity (Wildman–Crippen MR) is 64.4 cm³/mol. The van der Waals surface area contributed by atoms with Gasteiger partial charge in [0.15, 0.2) is 0 Å². The normalized spacial score (nSPS) is 20.8. The Bertz CT molecular complexity index is 153. The van der Waals surface area contributed by atoms with Crippen LogP contribution >= 0.6 is 0 Å². The van der Waals surface area contributed by atoms with Crippen LogP contribution in [0.2, 0.25) is 0 Å². The maximum Gasteiger partial charge on any atom is -0.0251 e. The van der Waals surface area contributed by atoms with Crippen LogP contribution in [0.5, 0.6) is 0 Å². The van der Waals surface area contributed by atoms with Crippen molar-refractivity contribution in [3.05, 3.63) is 0 Å². The van der Waals surface area contributed by atoms with E-state index in [9.17, 15) is 0 Å². The van der Waals surface area contributed by atoms with Crippen LogP contribution in [-0.4, -0.2) is 0 Å². The van der Waals surface area contributed by atoms with Crippen LogP contribution in [-0.2, 0) is 0 Å². The first kappa shape index (κ1) is 12.1. The van der Waals surface area contributed by atoms with Gasteiger partial charge in [-0.25, -0.2) is 0 Å². The fourth-order valence-corrected chi connectivity index (χ4v) is 3.33. The molecule has 0 atom stereocenters. The highest BCUT2D eigenvalue weighted by Gasteiger charge is 2.39. The van der Waals surface area contributed by atoms with Crippen molar-refractivity contribution in [3.63, 3.8) is 0 Å². The van der Waals surface area contributed by atoms with E-state index in [-0.39, 0.29) is 0 Å².